The van der Waals surface area contributed by atoms with Gasteiger partial charge < -0.3 is 4.98 Å². The lowest BCUT2D eigenvalue weighted by molar-refractivity contribution is 1.24. The summed E-state index contributed by atoms with van der Waals surface area (Å²) in [5, 5.41) is 0.612. The third-order valence-corrected chi connectivity index (χ3v) is 2.91. The Balaban J connectivity index is 3.01. The number of hydrogen-bond donors (Lipinski definition) is 1. The molecule has 0 aliphatic carbocycles. The highest BCUT2D eigenvalue weighted by atomic mass is 127. The van der Waals surface area contributed by atoms with E-state index in [2.05, 4.69) is 48.5 Å². The Hall–Kier alpha value is -0.430. The minimum atomic E-state index is -0.107. The molecular formula is C8H4BrIN2O. The molecule has 0 saturated carbocycles. The van der Waals surface area contributed by atoms with Crippen LogP contribution in [0.2, 0.25) is 0 Å². The highest BCUT2D eigenvalue weighted by Crippen LogP contribution is 2.17. The molecule has 5 heteroatoms. The summed E-state index contributed by atoms with van der Waals surface area (Å²) in [6.45, 7) is 0. The van der Waals surface area contributed by atoms with Gasteiger partial charge in [-0.3, -0.25) is 9.78 Å². The van der Waals surface area contributed by atoms with E-state index in [1.807, 2.05) is 0 Å². The van der Waals surface area contributed by atoms with E-state index in [1.54, 1.807) is 18.5 Å². The van der Waals surface area contributed by atoms with Crippen molar-refractivity contribution in [3.63, 3.8) is 0 Å². The zero-order valence-electron chi connectivity index (χ0n) is 6.34. The van der Waals surface area contributed by atoms with Crippen LogP contribution in [-0.4, -0.2) is 9.97 Å². The Morgan fingerprint density at radius 3 is 3.08 bits per heavy atom. The van der Waals surface area contributed by atoms with Crippen LogP contribution in [-0.2, 0) is 0 Å². The molecule has 0 amide bonds. The number of hydrogen-bond acceptors (Lipinski definition) is 2. The Kier molecular flexibility index (Phi) is 2.37. The summed E-state index contributed by atoms with van der Waals surface area (Å²) in [5.74, 6) is 0. The van der Waals surface area contributed by atoms with Crippen LogP contribution in [0.3, 0.4) is 0 Å². The SMILES string of the molecule is O=c1[nH]cc(I)c2ncc(Br)cc12. The molecule has 0 aliphatic heterocycles. The molecule has 3 nitrogen and oxygen atoms in total. The summed E-state index contributed by atoms with van der Waals surface area (Å²) in [4.78, 5) is 18.2. The van der Waals surface area contributed by atoms with Crippen LogP contribution in [0.25, 0.3) is 10.9 Å². The maximum absolute atomic E-state index is 11.4. The van der Waals surface area contributed by atoms with Crippen molar-refractivity contribution in [1.82, 2.24) is 9.97 Å². The van der Waals surface area contributed by atoms with Crippen LogP contribution in [0.5, 0.6) is 0 Å². The van der Waals surface area contributed by atoms with E-state index >= 15 is 0 Å². The first-order valence-corrected chi connectivity index (χ1v) is 5.38. The third kappa shape index (κ3) is 1.62. The standard InChI is InChI=1S/C8H4BrIN2O/c9-4-1-5-7(11-2-4)6(10)3-12-8(5)13/h1-3H,(H,12,13). The van der Waals surface area contributed by atoms with Gasteiger partial charge >= 0.3 is 0 Å². The van der Waals surface area contributed by atoms with Gasteiger partial charge in [-0.1, -0.05) is 0 Å². The first kappa shape index (κ1) is 9.14. The summed E-state index contributed by atoms with van der Waals surface area (Å²) in [5.41, 5.74) is 0.636. The normalized spacial score (nSPS) is 10.6. The first-order valence-electron chi connectivity index (χ1n) is 3.51. The predicted octanol–water partition coefficient (Wildman–Crippen LogP) is 2.29. The molecule has 0 spiro atoms. The predicted molar refractivity (Wildman–Crippen MR) is 62.8 cm³/mol. The van der Waals surface area contributed by atoms with Crippen LogP contribution in [0.1, 0.15) is 0 Å². The van der Waals surface area contributed by atoms with Crippen LogP contribution in [0.15, 0.2) is 27.7 Å². The van der Waals surface area contributed by atoms with E-state index in [-0.39, 0.29) is 5.56 Å². The van der Waals surface area contributed by atoms with Gasteiger partial charge in [-0.2, -0.15) is 0 Å². The third-order valence-electron chi connectivity index (χ3n) is 1.66. The summed E-state index contributed by atoms with van der Waals surface area (Å²) in [6, 6.07) is 1.77. The van der Waals surface area contributed by atoms with E-state index < -0.39 is 0 Å². The van der Waals surface area contributed by atoms with Gasteiger partial charge in [-0.25, -0.2) is 0 Å². The molecule has 2 rings (SSSR count). The number of H-pyrrole nitrogens is 1. The van der Waals surface area contributed by atoms with Crippen molar-refractivity contribution in [2.24, 2.45) is 0 Å². The lowest BCUT2D eigenvalue weighted by Gasteiger charge is -1.98. The number of rotatable bonds is 0. The van der Waals surface area contributed by atoms with Gasteiger partial charge in [0.1, 0.15) is 0 Å². The van der Waals surface area contributed by atoms with Crippen molar-refractivity contribution in [2.75, 3.05) is 0 Å². The number of fused-ring (bicyclic) bond motifs is 1. The molecule has 0 unspecified atom stereocenters. The zero-order valence-corrected chi connectivity index (χ0v) is 10.1. The lowest BCUT2D eigenvalue weighted by Crippen LogP contribution is -2.06. The van der Waals surface area contributed by atoms with Gasteiger partial charge in [-0.15, -0.1) is 0 Å². The number of pyridine rings is 2. The number of nitrogens with zero attached hydrogens (tertiary/aromatic N) is 1. The quantitative estimate of drug-likeness (QED) is 0.741. The van der Waals surface area contributed by atoms with E-state index in [0.29, 0.717) is 5.39 Å². The Labute approximate surface area is 95.8 Å². The summed E-state index contributed by atoms with van der Waals surface area (Å²) < 4.78 is 1.76. The molecule has 1 N–H and O–H groups in total. The van der Waals surface area contributed by atoms with Gasteiger partial charge in [-0.05, 0) is 44.6 Å². The maximum Gasteiger partial charge on any atom is 0.257 e. The highest BCUT2D eigenvalue weighted by molar-refractivity contribution is 14.1. The molecule has 0 bridgehead atoms. The Morgan fingerprint density at radius 1 is 1.54 bits per heavy atom. The van der Waals surface area contributed by atoms with Crippen LogP contribution in [0, 0.1) is 3.57 Å². The van der Waals surface area contributed by atoms with E-state index in [1.165, 1.54) is 0 Å². The maximum atomic E-state index is 11.4. The fourth-order valence-corrected chi connectivity index (χ4v) is 1.99. The van der Waals surface area contributed by atoms with Crippen molar-refractivity contribution < 1.29 is 0 Å². The molecule has 0 radical (unpaired) electrons. The van der Waals surface area contributed by atoms with Gasteiger partial charge in [0.2, 0.25) is 0 Å². The number of aromatic amines is 1. The number of nitrogens with one attached hydrogen (secondary N) is 1. The van der Waals surface area contributed by atoms with Crippen LogP contribution < -0.4 is 5.56 Å². The second-order valence-electron chi connectivity index (χ2n) is 2.52. The average molecular weight is 351 g/mol. The van der Waals surface area contributed by atoms with Crippen molar-refractivity contribution in [3.8, 4) is 0 Å². The second kappa shape index (κ2) is 3.38. The van der Waals surface area contributed by atoms with Gasteiger partial charge in [0.25, 0.3) is 5.56 Å². The molecule has 0 saturated heterocycles. The molecule has 2 aromatic rings. The highest BCUT2D eigenvalue weighted by Gasteiger charge is 2.03. The fraction of sp³-hybridized carbons (Fsp3) is 0. The van der Waals surface area contributed by atoms with E-state index in [0.717, 1.165) is 13.6 Å². The topological polar surface area (TPSA) is 45.8 Å². The number of halogens is 2. The minimum Gasteiger partial charge on any atom is -0.327 e. The Bertz CT molecular complexity index is 523. The minimum absolute atomic E-state index is 0.107. The molecule has 2 aromatic heterocycles. The molecule has 0 aliphatic rings. The second-order valence-corrected chi connectivity index (χ2v) is 4.59. The zero-order chi connectivity index (χ0) is 9.42. The monoisotopic (exact) mass is 350 g/mol. The first-order chi connectivity index (χ1) is 6.18. The smallest absolute Gasteiger partial charge is 0.257 e. The molecule has 0 fully saturated rings. The summed E-state index contributed by atoms with van der Waals surface area (Å²) in [7, 11) is 0. The van der Waals surface area contributed by atoms with E-state index in [4.69, 9.17) is 0 Å². The molecule has 0 atom stereocenters. The van der Waals surface area contributed by atoms with Crippen molar-refractivity contribution in [1.29, 1.82) is 0 Å². The molecule has 0 aromatic carbocycles. The van der Waals surface area contributed by atoms with Gasteiger partial charge in [0.15, 0.2) is 0 Å². The number of aromatic nitrogens is 2. The van der Waals surface area contributed by atoms with E-state index in [9.17, 15) is 4.79 Å². The van der Waals surface area contributed by atoms with Crippen molar-refractivity contribution >= 4 is 49.4 Å². The van der Waals surface area contributed by atoms with Crippen LogP contribution >= 0.6 is 38.5 Å². The van der Waals surface area contributed by atoms with Crippen LogP contribution in [0.4, 0.5) is 0 Å². The van der Waals surface area contributed by atoms with Gasteiger partial charge in [0.05, 0.1) is 14.5 Å². The Morgan fingerprint density at radius 2 is 2.31 bits per heavy atom. The fourth-order valence-electron chi connectivity index (χ4n) is 1.08. The largest absolute Gasteiger partial charge is 0.327 e. The lowest BCUT2D eigenvalue weighted by atomic mass is 10.3. The molecule has 66 valence electrons. The van der Waals surface area contributed by atoms with Crippen molar-refractivity contribution in [2.45, 2.75) is 0 Å². The molecular weight excluding hydrogens is 347 g/mol. The summed E-state index contributed by atoms with van der Waals surface area (Å²) in [6.07, 6.45) is 3.34. The molecule has 13 heavy (non-hydrogen) atoms. The molecule has 2 heterocycles. The summed E-state index contributed by atoms with van der Waals surface area (Å²) >= 11 is 5.41. The average Bonchev–Trinajstić information content (AvgIpc) is 2.12. The van der Waals surface area contributed by atoms with Gasteiger partial charge in [0, 0.05) is 16.9 Å². The van der Waals surface area contributed by atoms with Crippen molar-refractivity contribution in [3.05, 3.63) is 36.9 Å².